The third-order valence-electron chi connectivity index (χ3n) is 14.2. The quantitative estimate of drug-likeness (QED) is 0.0236. The lowest BCUT2D eigenvalue weighted by Gasteiger charge is -2.25. The van der Waals surface area contributed by atoms with Crippen molar-refractivity contribution >= 4 is 52.9 Å². The molecule has 4 heterocycles. The van der Waals surface area contributed by atoms with Crippen LogP contribution in [-0.4, -0.2) is 128 Å². The maximum atomic E-state index is 12.1. The van der Waals surface area contributed by atoms with E-state index in [4.69, 9.17) is 31.5 Å². The first-order chi connectivity index (χ1) is 44.3. The van der Waals surface area contributed by atoms with E-state index in [1.54, 1.807) is 0 Å². The van der Waals surface area contributed by atoms with Crippen LogP contribution in [0.2, 0.25) is 0 Å². The Morgan fingerprint density at radius 1 is 0.453 bits per heavy atom. The molecule has 0 amide bonds. The first-order valence-electron chi connectivity index (χ1n) is 31.7. The molecule has 6 aromatic rings. The molecular formula is C69H103IN8O14S3. The van der Waals surface area contributed by atoms with Crippen LogP contribution in [0.25, 0.3) is 0 Å². The van der Waals surface area contributed by atoms with Gasteiger partial charge in [-0.1, -0.05) is 71.1 Å². The van der Waals surface area contributed by atoms with Crippen molar-refractivity contribution in [1.29, 1.82) is 0 Å². The van der Waals surface area contributed by atoms with Crippen molar-refractivity contribution in [2.24, 2.45) is 0 Å². The minimum atomic E-state index is -3.60. The van der Waals surface area contributed by atoms with Gasteiger partial charge in [0.15, 0.2) is 12.5 Å². The summed E-state index contributed by atoms with van der Waals surface area (Å²) in [6.45, 7) is 35.9. The van der Waals surface area contributed by atoms with Gasteiger partial charge < -0.3 is 33.1 Å². The van der Waals surface area contributed by atoms with Gasteiger partial charge in [0.1, 0.15) is 23.0 Å². The summed E-state index contributed by atoms with van der Waals surface area (Å²) in [5.41, 5.74) is 17.7. The Balaban J connectivity index is 0.000000268. The lowest BCUT2D eigenvalue weighted by molar-refractivity contribution is 0.114. The predicted octanol–water partition coefficient (Wildman–Crippen LogP) is 12.6. The maximum absolute atomic E-state index is 12.1. The lowest BCUT2D eigenvalue weighted by atomic mass is 10.0. The number of ether oxygens (including phenoxy) is 4. The highest BCUT2D eigenvalue weighted by atomic mass is 127. The van der Waals surface area contributed by atoms with Gasteiger partial charge in [0, 0.05) is 76.0 Å². The molecule has 0 spiro atoms. The van der Waals surface area contributed by atoms with E-state index in [1.165, 1.54) is 0 Å². The molecule has 2 aliphatic heterocycles. The topological polar surface area (TPSA) is 264 Å². The lowest BCUT2D eigenvalue weighted by Crippen LogP contribution is -2.43. The van der Waals surface area contributed by atoms with Gasteiger partial charge in [0.25, 0.3) is 31.7 Å². The van der Waals surface area contributed by atoms with Crippen LogP contribution in [0.3, 0.4) is 0 Å². The number of aromatic nitrogens is 4. The van der Waals surface area contributed by atoms with Crippen LogP contribution in [0, 0.1) is 13.8 Å². The summed E-state index contributed by atoms with van der Waals surface area (Å²) in [5.74, 6) is 3.40. The summed E-state index contributed by atoms with van der Waals surface area (Å²) >= 11 is 2.15. The summed E-state index contributed by atoms with van der Waals surface area (Å²) in [4.78, 5) is 14.1. The molecule has 0 radical (unpaired) electrons. The Labute approximate surface area is 579 Å². The van der Waals surface area contributed by atoms with E-state index in [9.17, 15) is 30.0 Å². The van der Waals surface area contributed by atoms with Gasteiger partial charge in [-0.2, -0.15) is 25.3 Å². The number of aryl methyl sites for hydroxylation is 1. The molecule has 0 bridgehead atoms. The number of hydrogen-bond donors (Lipinski definition) is 4. The Hall–Kier alpha value is -6.40. The van der Waals surface area contributed by atoms with E-state index in [-0.39, 0.29) is 54.0 Å². The molecule has 22 nitrogen and oxygen atoms in total. The van der Waals surface area contributed by atoms with Crippen LogP contribution in [0.5, 0.6) is 28.9 Å². The Kier molecular flexibility index (Phi) is 31.4. The van der Waals surface area contributed by atoms with E-state index in [2.05, 4.69) is 62.6 Å². The van der Waals surface area contributed by atoms with E-state index in [0.29, 0.717) is 25.7 Å². The summed E-state index contributed by atoms with van der Waals surface area (Å²) < 4.78 is 109. The second-order valence-corrected chi connectivity index (χ2v) is 29.9. The highest BCUT2D eigenvalue weighted by Crippen LogP contribution is 2.31. The van der Waals surface area contributed by atoms with Crippen molar-refractivity contribution in [1.82, 2.24) is 40.8 Å². The highest BCUT2D eigenvalue weighted by molar-refractivity contribution is 14.1. The fourth-order valence-electron chi connectivity index (χ4n) is 10.1. The molecule has 0 aliphatic carbocycles. The van der Waals surface area contributed by atoms with Crippen LogP contribution >= 0.6 is 22.6 Å². The molecule has 2 atom stereocenters. The summed E-state index contributed by atoms with van der Waals surface area (Å²) in [7, 11) is -10.7. The van der Waals surface area contributed by atoms with Gasteiger partial charge in [0.05, 0.1) is 43.2 Å². The SMILES string of the molecule is CC1=C(Cc2ccc(OC(C)C)cc2)C(OS(C)(=O)=O)NN1C(C)C.CC1=C(Cc2ccc(OC(C)C)cc2)C(OS(C)(=O)=O)NN1C(C)C.CI.Cc1[nH]nc(OS(C)(=O)=O)c1Cc1ccc(OC(C)C)cc1.Cc1c(Cc2ccc(OC(C)C)cc2)c(=O)[nH]n1C(C)C. The number of nitrogens with one attached hydrogen (secondary N) is 4. The molecule has 0 fully saturated rings. The first-order valence-corrected chi connectivity index (χ1v) is 39.3. The minimum Gasteiger partial charge on any atom is -0.491 e. The third kappa shape index (κ3) is 27.2. The first kappa shape index (κ1) is 81.0. The molecule has 0 saturated heterocycles. The van der Waals surface area contributed by atoms with Crippen molar-refractivity contribution in [3.8, 4) is 28.9 Å². The predicted molar refractivity (Wildman–Crippen MR) is 386 cm³/mol. The number of rotatable bonds is 25. The average Bonchev–Trinajstić information content (AvgIpc) is 1.68. The number of benzene rings is 4. The standard InChI is InChI=1S/2C18H28N2O4S.C17H24N2O2.C15H20N2O4S.CH3I/c2*1-12(2)20-14(5)17(18(19-20)24-25(6,21)22)11-15-7-9-16(10-8-15)23-13(3)4;1-11(2)19-13(5)16(17(20)18-19)10-14-6-8-15(9-7-14)21-12(3)4;1-10(2)20-13-7-5-12(6-8-13)9-14-11(3)16-17-15(14)21-22(4,18)19;1-2/h2*7-10,12-13,18-19H,11H2,1-6H3;6-9,11-12H,10H2,1-5H3,(H,18,20);5-8,10H,9H2,1-4H3,(H,16,17);1H3. The summed E-state index contributed by atoms with van der Waals surface area (Å²) in [5, 5.41) is 13.5. The van der Waals surface area contributed by atoms with Crippen molar-refractivity contribution in [3.05, 3.63) is 175 Å². The van der Waals surface area contributed by atoms with E-state index >= 15 is 0 Å². The average molecular weight is 1490 g/mol. The molecule has 26 heteroatoms. The van der Waals surface area contributed by atoms with Crippen molar-refractivity contribution in [2.45, 2.75) is 205 Å². The van der Waals surface area contributed by atoms with Crippen LogP contribution in [-0.2, 0) is 64.4 Å². The summed E-state index contributed by atoms with van der Waals surface area (Å²) in [6, 6.07) is 31.9. The molecule has 528 valence electrons. The highest BCUT2D eigenvalue weighted by Gasteiger charge is 2.35. The Morgan fingerprint density at radius 3 is 1.02 bits per heavy atom. The molecular weight excluding hydrogens is 1390 g/mol. The second-order valence-electron chi connectivity index (χ2n) is 25.1. The van der Waals surface area contributed by atoms with Crippen molar-refractivity contribution in [3.63, 3.8) is 0 Å². The van der Waals surface area contributed by atoms with E-state index in [0.717, 1.165) is 109 Å². The molecule has 2 aliphatic rings. The van der Waals surface area contributed by atoms with Gasteiger partial charge in [-0.25, -0.2) is 19.2 Å². The molecule has 0 saturated carbocycles. The Bertz CT molecular complexity index is 3720. The van der Waals surface area contributed by atoms with Gasteiger partial charge >= 0.3 is 10.1 Å². The molecule has 8 rings (SSSR count). The van der Waals surface area contributed by atoms with Crippen molar-refractivity contribution < 1.29 is 56.8 Å². The zero-order valence-electron chi connectivity index (χ0n) is 59.4. The van der Waals surface area contributed by atoms with Gasteiger partial charge in [-0.3, -0.25) is 19.7 Å². The number of nitrogens with zero attached hydrogens (tertiary/aromatic N) is 4. The normalized spacial score (nSPS) is 15.1. The van der Waals surface area contributed by atoms with Gasteiger partial charge in [0.2, 0.25) is 0 Å². The smallest absolute Gasteiger partial charge is 0.307 e. The van der Waals surface area contributed by atoms with Crippen LogP contribution in [0.1, 0.15) is 162 Å². The van der Waals surface area contributed by atoms with Crippen molar-refractivity contribution in [2.75, 3.05) is 23.7 Å². The molecule has 2 aromatic heterocycles. The number of halogens is 1. The molecule has 4 N–H and O–H groups in total. The van der Waals surface area contributed by atoms with Gasteiger partial charge in [-0.05, 0) is 213 Å². The monoisotopic (exact) mass is 1490 g/mol. The minimum absolute atomic E-state index is 0.00343. The number of H-pyrrole nitrogens is 2. The van der Waals surface area contributed by atoms with E-state index < -0.39 is 42.8 Å². The third-order valence-corrected chi connectivity index (χ3v) is 15.7. The number of hydrogen-bond acceptors (Lipinski definition) is 19. The zero-order chi connectivity index (χ0) is 71.4. The largest absolute Gasteiger partial charge is 0.491 e. The van der Waals surface area contributed by atoms with Crippen LogP contribution < -0.4 is 39.5 Å². The fourth-order valence-corrected chi connectivity index (χ4v) is 11.6. The Morgan fingerprint density at radius 2 is 0.758 bits per heavy atom. The van der Waals surface area contributed by atoms with Crippen LogP contribution in [0.15, 0.2) is 124 Å². The number of alkyl halides is 1. The summed E-state index contributed by atoms with van der Waals surface area (Å²) in [6.07, 6.45) is 4.69. The number of aromatic amines is 2. The number of hydrazine groups is 2. The molecule has 2 unspecified atom stereocenters. The molecule has 95 heavy (non-hydrogen) atoms. The van der Waals surface area contributed by atoms with E-state index in [1.807, 2.05) is 227 Å². The second kappa shape index (κ2) is 36.8. The van der Waals surface area contributed by atoms with Crippen LogP contribution in [0.4, 0.5) is 0 Å². The van der Waals surface area contributed by atoms with Gasteiger partial charge in [-0.15, -0.1) is 5.10 Å². The molecule has 4 aromatic carbocycles. The fraction of sp³-hybridized carbons (Fsp3) is 0.507. The maximum Gasteiger partial charge on any atom is 0.307 e. The zero-order valence-corrected chi connectivity index (χ0v) is 64.0. The number of allylic oxidation sites excluding steroid dienone is 2.